The van der Waals surface area contributed by atoms with Gasteiger partial charge >= 0.3 is 0 Å². The van der Waals surface area contributed by atoms with Crippen molar-refractivity contribution in [3.63, 3.8) is 0 Å². The molecule has 0 aliphatic heterocycles. The van der Waals surface area contributed by atoms with Crippen LogP contribution in [0.5, 0.6) is 0 Å². The van der Waals surface area contributed by atoms with E-state index in [0.29, 0.717) is 0 Å². The number of aromatic nitrogens is 2. The molecule has 0 spiro atoms. The summed E-state index contributed by atoms with van der Waals surface area (Å²) >= 11 is 3.35. The smallest absolute Gasteiger partial charge is 0.0927 e. The summed E-state index contributed by atoms with van der Waals surface area (Å²) in [6, 6.07) is 5.86. The minimum Gasteiger partial charge on any atom is -0.323 e. The molecule has 2 aromatic rings. The maximum absolute atomic E-state index is 5.53. The lowest BCUT2D eigenvalue weighted by molar-refractivity contribution is 0.862. The standard InChI is InChI=1S/C7H6BrN3/c8-6-2-1-5-4-10-11(9)7(5)3-6/h1-4H,9H2. The summed E-state index contributed by atoms with van der Waals surface area (Å²) < 4.78 is 1.01. The molecule has 1 heterocycles. The molecule has 0 unspecified atom stereocenters. The van der Waals surface area contributed by atoms with E-state index in [9.17, 15) is 0 Å². The average molecular weight is 212 g/mol. The second-order valence-electron chi connectivity index (χ2n) is 2.29. The van der Waals surface area contributed by atoms with E-state index in [-0.39, 0.29) is 0 Å². The van der Waals surface area contributed by atoms with Gasteiger partial charge in [0.05, 0.1) is 11.7 Å². The molecule has 0 atom stereocenters. The van der Waals surface area contributed by atoms with Gasteiger partial charge in [0.25, 0.3) is 0 Å². The van der Waals surface area contributed by atoms with Crippen LogP contribution in [0.3, 0.4) is 0 Å². The Balaban J connectivity index is 2.87. The molecule has 0 aliphatic rings. The second kappa shape index (κ2) is 2.23. The number of fused-ring (bicyclic) bond motifs is 1. The Labute approximate surface area is 71.9 Å². The Morgan fingerprint density at radius 2 is 2.27 bits per heavy atom. The Bertz CT molecular complexity index is 393. The van der Waals surface area contributed by atoms with Gasteiger partial charge in [-0.25, -0.2) is 0 Å². The minimum absolute atomic E-state index is 0.930. The summed E-state index contributed by atoms with van der Waals surface area (Å²) in [6.45, 7) is 0. The third-order valence-corrected chi connectivity index (χ3v) is 2.05. The van der Waals surface area contributed by atoms with Gasteiger partial charge in [0.1, 0.15) is 0 Å². The number of nitrogens with two attached hydrogens (primary N) is 1. The van der Waals surface area contributed by atoms with Crippen molar-refractivity contribution in [1.82, 2.24) is 9.89 Å². The maximum atomic E-state index is 5.53. The molecule has 11 heavy (non-hydrogen) atoms. The van der Waals surface area contributed by atoms with Crippen LogP contribution in [-0.2, 0) is 0 Å². The van der Waals surface area contributed by atoms with Crippen LogP contribution in [0.4, 0.5) is 0 Å². The van der Waals surface area contributed by atoms with Gasteiger partial charge in [-0.1, -0.05) is 22.0 Å². The lowest BCUT2D eigenvalue weighted by atomic mass is 10.3. The van der Waals surface area contributed by atoms with Crippen LogP contribution in [0.15, 0.2) is 28.9 Å². The molecule has 0 aliphatic carbocycles. The summed E-state index contributed by atoms with van der Waals surface area (Å²) in [5.74, 6) is 5.53. The predicted octanol–water partition coefficient (Wildman–Crippen LogP) is 1.51. The molecule has 2 rings (SSSR count). The van der Waals surface area contributed by atoms with E-state index >= 15 is 0 Å². The van der Waals surface area contributed by atoms with Gasteiger partial charge in [-0.05, 0) is 12.1 Å². The van der Waals surface area contributed by atoms with Crippen molar-refractivity contribution in [2.45, 2.75) is 0 Å². The molecule has 0 radical (unpaired) electrons. The van der Waals surface area contributed by atoms with Crippen molar-refractivity contribution in [3.05, 3.63) is 28.9 Å². The predicted molar refractivity (Wildman–Crippen MR) is 47.6 cm³/mol. The van der Waals surface area contributed by atoms with Crippen molar-refractivity contribution in [3.8, 4) is 0 Å². The summed E-state index contributed by atoms with van der Waals surface area (Å²) in [4.78, 5) is 1.36. The topological polar surface area (TPSA) is 43.8 Å². The van der Waals surface area contributed by atoms with Crippen LogP contribution < -0.4 is 5.84 Å². The van der Waals surface area contributed by atoms with E-state index in [1.54, 1.807) is 6.20 Å². The number of nitrogen functional groups attached to an aromatic ring is 1. The number of halogens is 1. The second-order valence-corrected chi connectivity index (χ2v) is 3.21. The number of nitrogens with zero attached hydrogens (tertiary/aromatic N) is 2. The number of hydrogen-bond acceptors (Lipinski definition) is 2. The first kappa shape index (κ1) is 6.67. The van der Waals surface area contributed by atoms with E-state index in [0.717, 1.165) is 15.4 Å². The highest BCUT2D eigenvalue weighted by Gasteiger charge is 1.98. The molecule has 0 fully saturated rings. The normalized spacial score (nSPS) is 10.6. The molecule has 2 N–H and O–H groups in total. The van der Waals surface area contributed by atoms with E-state index in [2.05, 4.69) is 21.0 Å². The monoisotopic (exact) mass is 211 g/mol. The molecular formula is C7H6BrN3. The van der Waals surface area contributed by atoms with Crippen molar-refractivity contribution < 1.29 is 0 Å². The van der Waals surface area contributed by atoms with E-state index < -0.39 is 0 Å². The van der Waals surface area contributed by atoms with Crippen LogP contribution >= 0.6 is 15.9 Å². The molecule has 0 saturated carbocycles. The average Bonchev–Trinajstić information content (AvgIpc) is 2.33. The van der Waals surface area contributed by atoms with Gasteiger partial charge in [-0.15, -0.1) is 0 Å². The van der Waals surface area contributed by atoms with E-state index in [1.165, 1.54) is 4.79 Å². The van der Waals surface area contributed by atoms with Crippen molar-refractivity contribution in [1.29, 1.82) is 0 Å². The molecule has 56 valence electrons. The van der Waals surface area contributed by atoms with Crippen molar-refractivity contribution in [2.24, 2.45) is 0 Å². The number of benzene rings is 1. The zero-order chi connectivity index (χ0) is 7.84. The Hall–Kier alpha value is -1.03. The summed E-state index contributed by atoms with van der Waals surface area (Å²) in [6.07, 6.45) is 1.74. The zero-order valence-corrected chi connectivity index (χ0v) is 7.25. The highest BCUT2D eigenvalue weighted by atomic mass is 79.9. The third kappa shape index (κ3) is 0.991. The van der Waals surface area contributed by atoms with Crippen LogP contribution in [0, 0.1) is 0 Å². The summed E-state index contributed by atoms with van der Waals surface area (Å²) in [5.41, 5.74) is 0.930. The van der Waals surface area contributed by atoms with Gasteiger partial charge in [0.2, 0.25) is 0 Å². The fourth-order valence-corrected chi connectivity index (χ4v) is 1.36. The van der Waals surface area contributed by atoms with Gasteiger partial charge < -0.3 is 5.84 Å². The van der Waals surface area contributed by atoms with Gasteiger partial charge in [0, 0.05) is 9.86 Å². The summed E-state index contributed by atoms with van der Waals surface area (Å²) in [5, 5.41) is 4.96. The molecule has 4 heteroatoms. The lowest BCUT2D eigenvalue weighted by Gasteiger charge is -1.93. The van der Waals surface area contributed by atoms with Gasteiger partial charge in [-0.3, -0.25) is 0 Å². The molecule has 1 aromatic heterocycles. The first-order valence-corrected chi connectivity index (χ1v) is 3.95. The molecule has 3 nitrogen and oxygen atoms in total. The Morgan fingerprint density at radius 3 is 3.09 bits per heavy atom. The highest BCUT2D eigenvalue weighted by molar-refractivity contribution is 9.10. The van der Waals surface area contributed by atoms with Crippen molar-refractivity contribution in [2.75, 3.05) is 5.84 Å². The number of rotatable bonds is 0. The van der Waals surface area contributed by atoms with Crippen LogP contribution in [0.1, 0.15) is 0 Å². The Morgan fingerprint density at radius 1 is 1.45 bits per heavy atom. The van der Waals surface area contributed by atoms with E-state index in [4.69, 9.17) is 5.84 Å². The lowest BCUT2D eigenvalue weighted by Crippen LogP contribution is -2.08. The quantitative estimate of drug-likeness (QED) is 0.672. The third-order valence-electron chi connectivity index (χ3n) is 1.56. The molecule has 1 aromatic carbocycles. The van der Waals surface area contributed by atoms with Gasteiger partial charge in [0.15, 0.2) is 0 Å². The largest absolute Gasteiger partial charge is 0.323 e. The SMILES string of the molecule is Nn1ncc2ccc(Br)cc21. The zero-order valence-electron chi connectivity index (χ0n) is 5.66. The highest BCUT2D eigenvalue weighted by Crippen LogP contribution is 2.17. The summed E-state index contributed by atoms with van der Waals surface area (Å²) in [7, 11) is 0. The molecule has 0 bridgehead atoms. The fraction of sp³-hybridized carbons (Fsp3) is 0. The van der Waals surface area contributed by atoms with Crippen molar-refractivity contribution >= 4 is 26.8 Å². The molecule has 0 amide bonds. The van der Waals surface area contributed by atoms with Crippen LogP contribution in [-0.4, -0.2) is 9.89 Å². The van der Waals surface area contributed by atoms with Crippen LogP contribution in [0.25, 0.3) is 10.9 Å². The first-order valence-electron chi connectivity index (χ1n) is 3.16. The van der Waals surface area contributed by atoms with Crippen LogP contribution in [0.2, 0.25) is 0 Å². The molecule has 0 saturated heterocycles. The Kier molecular flexibility index (Phi) is 1.35. The fourth-order valence-electron chi connectivity index (χ4n) is 1.01. The van der Waals surface area contributed by atoms with Gasteiger partial charge in [-0.2, -0.15) is 9.89 Å². The number of hydrogen-bond donors (Lipinski definition) is 1. The molecular weight excluding hydrogens is 206 g/mol. The first-order chi connectivity index (χ1) is 5.27. The maximum Gasteiger partial charge on any atom is 0.0927 e. The minimum atomic E-state index is 0.930. The van der Waals surface area contributed by atoms with E-state index in [1.807, 2.05) is 18.2 Å².